The van der Waals surface area contributed by atoms with Crippen molar-refractivity contribution in [3.05, 3.63) is 89.9 Å². The smallest absolute Gasteiger partial charge is 0.270 e. The van der Waals surface area contributed by atoms with Crippen molar-refractivity contribution in [2.45, 2.75) is 63.8 Å². The first-order valence-corrected chi connectivity index (χ1v) is 13.0. The van der Waals surface area contributed by atoms with E-state index in [9.17, 15) is 14.7 Å². The van der Waals surface area contributed by atoms with Gasteiger partial charge < -0.3 is 14.6 Å². The number of amides is 1. The van der Waals surface area contributed by atoms with E-state index in [4.69, 9.17) is 14.7 Å². The van der Waals surface area contributed by atoms with Crippen molar-refractivity contribution in [1.82, 2.24) is 20.8 Å². The highest BCUT2D eigenvalue weighted by Gasteiger charge is 2.32. The summed E-state index contributed by atoms with van der Waals surface area (Å²) in [6.45, 7) is 9.28. The molecule has 1 amide bonds. The van der Waals surface area contributed by atoms with Crippen molar-refractivity contribution in [1.29, 1.82) is 0 Å². The summed E-state index contributed by atoms with van der Waals surface area (Å²) < 4.78 is 11.8. The predicted octanol–water partition coefficient (Wildman–Crippen LogP) is 4.07. The van der Waals surface area contributed by atoms with E-state index < -0.39 is 12.1 Å². The van der Waals surface area contributed by atoms with E-state index in [1.165, 1.54) is 24.8 Å². The van der Waals surface area contributed by atoms with E-state index in [0.717, 1.165) is 29.7 Å². The minimum Gasteiger partial charge on any atom is -0.490 e. The summed E-state index contributed by atoms with van der Waals surface area (Å²) >= 11 is 0. The number of aliphatic hydroxyl groups excluding tert-OH is 1. The Hall–Kier alpha value is -4.12. The van der Waals surface area contributed by atoms with E-state index in [1.807, 2.05) is 36.4 Å². The van der Waals surface area contributed by atoms with Crippen LogP contribution in [0.25, 0.3) is 0 Å². The van der Waals surface area contributed by atoms with Crippen molar-refractivity contribution in [3.63, 3.8) is 0 Å². The molecule has 1 aromatic heterocycles. The van der Waals surface area contributed by atoms with Gasteiger partial charge in [-0.1, -0.05) is 44.7 Å². The highest BCUT2D eigenvalue weighted by Crippen LogP contribution is 2.35. The number of ether oxygens (including phenoxy) is 2. The van der Waals surface area contributed by atoms with Crippen molar-refractivity contribution < 1.29 is 29.4 Å². The molecule has 0 bridgehead atoms. The molecule has 10 nitrogen and oxygen atoms in total. The van der Waals surface area contributed by atoms with Gasteiger partial charge in [0.2, 0.25) is 5.88 Å². The lowest BCUT2D eigenvalue weighted by Gasteiger charge is -2.37. The first-order chi connectivity index (χ1) is 19.0. The monoisotopic (exact) mass is 546 g/mol. The van der Waals surface area contributed by atoms with Gasteiger partial charge >= 0.3 is 0 Å². The van der Waals surface area contributed by atoms with Crippen LogP contribution in [0.4, 0.5) is 0 Å². The third-order valence-corrected chi connectivity index (χ3v) is 7.05. The number of rotatable bonds is 12. The summed E-state index contributed by atoms with van der Waals surface area (Å²) in [7, 11) is 0. The lowest BCUT2D eigenvalue weighted by Crippen LogP contribution is -2.50. The number of nitrogens with one attached hydrogen (secondary N) is 2. The number of hydrogen-bond acceptors (Lipinski definition) is 9. The molecule has 0 aliphatic heterocycles. The Balaban J connectivity index is 1.27. The summed E-state index contributed by atoms with van der Waals surface area (Å²) in [6.07, 6.45) is 3.41. The van der Waals surface area contributed by atoms with Crippen LogP contribution >= 0.6 is 0 Å². The minimum atomic E-state index is -0.925. The van der Waals surface area contributed by atoms with Crippen molar-refractivity contribution in [2.75, 3.05) is 0 Å². The number of carbonyl (C=O) groups is 2. The molecule has 2 aromatic carbocycles. The van der Waals surface area contributed by atoms with Gasteiger partial charge in [-0.2, -0.15) is 0 Å². The summed E-state index contributed by atoms with van der Waals surface area (Å²) in [5.41, 5.74) is 3.86. The van der Waals surface area contributed by atoms with Gasteiger partial charge in [0.15, 0.2) is 5.78 Å². The lowest BCUT2D eigenvalue weighted by molar-refractivity contribution is -0.125. The first-order valence-electron chi connectivity index (χ1n) is 13.0. The standard InChI is InChI=1S/C30H34N4O6/c1-18(29(37)34-38)13-27(36)33-22-14-25(15-22)39-23-9-5-20(6-10-23)30(3,4)21-7-11-24(12-8-21)40-28-17-31-26(16-32-28)19(2)35/h5-12,16-17,22,25,27,33,36,38H,1,13-15H2,2-4H3,(H,34,37). The zero-order chi connectivity index (χ0) is 28.9. The molecule has 210 valence electrons. The van der Waals surface area contributed by atoms with E-state index in [1.54, 1.807) is 0 Å². The van der Waals surface area contributed by atoms with Crippen LogP contribution in [0.1, 0.15) is 61.6 Å². The highest BCUT2D eigenvalue weighted by atomic mass is 16.5. The number of hydroxylamine groups is 1. The molecule has 1 fully saturated rings. The van der Waals surface area contributed by atoms with Crippen molar-refractivity contribution >= 4 is 11.7 Å². The van der Waals surface area contributed by atoms with E-state index >= 15 is 0 Å². The summed E-state index contributed by atoms with van der Waals surface area (Å²) in [5, 5.41) is 21.8. The topological polar surface area (TPSA) is 143 Å². The molecule has 4 rings (SSSR count). The van der Waals surface area contributed by atoms with Gasteiger partial charge in [0.1, 0.15) is 29.5 Å². The zero-order valence-corrected chi connectivity index (χ0v) is 22.8. The Morgan fingerprint density at radius 2 is 1.62 bits per heavy atom. The van der Waals surface area contributed by atoms with Gasteiger partial charge in [-0.05, 0) is 48.2 Å². The second-order valence-electron chi connectivity index (χ2n) is 10.4. The fourth-order valence-electron chi connectivity index (χ4n) is 4.45. The molecule has 0 radical (unpaired) electrons. The van der Waals surface area contributed by atoms with Crippen LogP contribution in [0.2, 0.25) is 0 Å². The SMILES string of the molecule is C=C(CC(O)NC1CC(Oc2ccc(C(C)(C)c3ccc(Oc4cnc(C(C)=O)cn4)cc3)cc2)C1)C(=O)NO. The second-order valence-corrected chi connectivity index (χ2v) is 10.4. The van der Waals surface area contributed by atoms with E-state index in [-0.39, 0.29) is 35.3 Å². The average Bonchev–Trinajstić information content (AvgIpc) is 2.92. The predicted molar refractivity (Wildman–Crippen MR) is 147 cm³/mol. The van der Waals surface area contributed by atoms with Gasteiger partial charge in [0.25, 0.3) is 5.91 Å². The summed E-state index contributed by atoms with van der Waals surface area (Å²) in [5.74, 6) is 0.850. The van der Waals surface area contributed by atoms with Crippen molar-refractivity contribution in [2.24, 2.45) is 0 Å². The molecule has 1 heterocycles. The first kappa shape index (κ1) is 28.9. The van der Waals surface area contributed by atoms with Crippen LogP contribution in [-0.4, -0.2) is 50.3 Å². The van der Waals surface area contributed by atoms with Crippen LogP contribution in [0.5, 0.6) is 17.4 Å². The number of ketones is 1. The molecule has 1 unspecified atom stereocenters. The number of Topliss-reactive ketones (excluding diaryl/α,β-unsaturated/α-hetero) is 1. The fraction of sp³-hybridized carbons (Fsp3) is 0.333. The van der Waals surface area contributed by atoms with Crippen LogP contribution in [0, 0.1) is 0 Å². The van der Waals surface area contributed by atoms with Crippen molar-refractivity contribution in [3.8, 4) is 17.4 Å². The van der Waals surface area contributed by atoms with Crippen LogP contribution in [0.15, 0.2) is 73.1 Å². The third-order valence-electron chi connectivity index (χ3n) is 7.05. The molecular formula is C30H34N4O6. The number of nitrogens with zero attached hydrogens (tertiary/aromatic N) is 2. The number of carbonyl (C=O) groups excluding carboxylic acids is 2. The highest BCUT2D eigenvalue weighted by molar-refractivity contribution is 5.92. The molecule has 10 heteroatoms. The molecule has 1 atom stereocenters. The normalized spacial score (nSPS) is 17.3. The Labute approximate surface area is 233 Å². The quantitative estimate of drug-likeness (QED) is 0.0869. The maximum Gasteiger partial charge on any atom is 0.270 e. The molecule has 4 N–H and O–H groups in total. The lowest BCUT2D eigenvalue weighted by atomic mass is 9.78. The van der Waals surface area contributed by atoms with Gasteiger partial charge in [0, 0.05) is 30.4 Å². The molecule has 1 aliphatic carbocycles. The number of aromatic nitrogens is 2. The Kier molecular flexibility index (Phi) is 8.93. The number of benzene rings is 2. The Morgan fingerprint density at radius 1 is 1.02 bits per heavy atom. The fourth-order valence-corrected chi connectivity index (χ4v) is 4.45. The summed E-state index contributed by atoms with van der Waals surface area (Å²) in [6, 6.07) is 15.9. The van der Waals surface area contributed by atoms with Gasteiger partial charge in [0.05, 0.1) is 12.4 Å². The van der Waals surface area contributed by atoms with Gasteiger partial charge in [-0.15, -0.1) is 0 Å². The molecule has 1 saturated carbocycles. The molecule has 3 aromatic rings. The van der Waals surface area contributed by atoms with Gasteiger partial charge in [-0.25, -0.2) is 15.4 Å². The minimum absolute atomic E-state index is 0.0200. The van der Waals surface area contributed by atoms with E-state index in [0.29, 0.717) is 17.3 Å². The molecule has 40 heavy (non-hydrogen) atoms. The molecule has 1 aliphatic rings. The molecule has 0 saturated heterocycles. The number of aliphatic hydroxyl groups is 1. The van der Waals surface area contributed by atoms with Crippen LogP contribution in [-0.2, 0) is 10.2 Å². The molecule has 0 spiro atoms. The third kappa shape index (κ3) is 7.09. The maximum absolute atomic E-state index is 11.4. The number of hydrogen-bond donors (Lipinski definition) is 4. The average molecular weight is 547 g/mol. The molecular weight excluding hydrogens is 512 g/mol. The maximum atomic E-state index is 11.4. The Bertz CT molecular complexity index is 1330. The summed E-state index contributed by atoms with van der Waals surface area (Å²) in [4.78, 5) is 30.9. The largest absolute Gasteiger partial charge is 0.490 e. The van der Waals surface area contributed by atoms with Crippen LogP contribution < -0.4 is 20.3 Å². The Morgan fingerprint density at radius 3 is 2.15 bits per heavy atom. The van der Waals surface area contributed by atoms with Crippen LogP contribution in [0.3, 0.4) is 0 Å². The van der Waals surface area contributed by atoms with E-state index in [2.05, 4.69) is 47.8 Å². The second kappa shape index (κ2) is 12.4. The zero-order valence-electron chi connectivity index (χ0n) is 22.8. The van der Waals surface area contributed by atoms with Gasteiger partial charge in [-0.3, -0.25) is 20.1 Å².